The third-order valence-electron chi connectivity index (χ3n) is 3.53. The summed E-state index contributed by atoms with van der Waals surface area (Å²) >= 11 is 3.12. The van der Waals surface area contributed by atoms with Gasteiger partial charge in [0.25, 0.3) is 5.56 Å². The van der Waals surface area contributed by atoms with Gasteiger partial charge >= 0.3 is 0 Å². The Hall–Kier alpha value is -1.99. The van der Waals surface area contributed by atoms with Crippen LogP contribution in [0.4, 0.5) is 0 Å². The molecule has 7 heteroatoms. The van der Waals surface area contributed by atoms with Crippen LogP contribution >= 0.6 is 23.1 Å². The van der Waals surface area contributed by atoms with Crippen LogP contribution in [0.3, 0.4) is 0 Å². The topological polar surface area (TPSA) is 52.8 Å². The molecule has 0 atom stereocenters. The normalized spacial score (nSPS) is 13.4. The molecule has 0 bridgehead atoms. The van der Waals surface area contributed by atoms with Crippen molar-refractivity contribution in [2.24, 2.45) is 0 Å². The maximum Gasteiger partial charge on any atom is 0.258 e. The van der Waals surface area contributed by atoms with E-state index in [1.807, 2.05) is 30.5 Å². The zero-order chi connectivity index (χ0) is 15.8. The summed E-state index contributed by atoms with van der Waals surface area (Å²) in [7, 11) is 0. The van der Waals surface area contributed by atoms with Crippen molar-refractivity contribution in [3.8, 4) is 11.5 Å². The Kier molecular flexibility index (Phi) is 3.74. The van der Waals surface area contributed by atoms with Gasteiger partial charge in [0.1, 0.15) is 13.2 Å². The van der Waals surface area contributed by atoms with Gasteiger partial charge in [-0.05, 0) is 25.1 Å². The molecule has 4 rings (SSSR count). The molecular formula is C16H14N2O3S2. The van der Waals surface area contributed by atoms with Gasteiger partial charge in [0.2, 0.25) is 0 Å². The molecule has 1 aliphatic rings. The van der Waals surface area contributed by atoms with E-state index in [9.17, 15) is 4.79 Å². The van der Waals surface area contributed by atoms with Gasteiger partial charge in [-0.25, -0.2) is 4.98 Å². The molecular weight excluding hydrogens is 332 g/mol. The van der Waals surface area contributed by atoms with Crippen molar-refractivity contribution in [2.75, 3.05) is 13.2 Å². The Morgan fingerprint density at radius 1 is 1.26 bits per heavy atom. The van der Waals surface area contributed by atoms with Gasteiger partial charge in [0, 0.05) is 27.8 Å². The maximum atomic E-state index is 12.2. The average Bonchev–Trinajstić information content (AvgIpc) is 2.94. The van der Waals surface area contributed by atoms with Gasteiger partial charge in [-0.15, -0.1) is 23.1 Å². The number of aryl methyl sites for hydroxylation is 1. The minimum atomic E-state index is -0.0217. The minimum Gasteiger partial charge on any atom is -0.486 e. The number of benzene rings is 1. The quantitative estimate of drug-likeness (QED) is 0.682. The van der Waals surface area contributed by atoms with E-state index in [-0.39, 0.29) is 5.56 Å². The molecule has 118 valence electrons. The van der Waals surface area contributed by atoms with Crippen LogP contribution in [-0.4, -0.2) is 22.6 Å². The number of hydrogen-bond acceptors (Lipinski definition) is 6. The van der Waals surface area contributed by atoms with E-state index in [0.717, 1.165) is 32.7 Å². The highest BCUT2D eigenvalue weighted by Crippen LogP contribution is 2.35. The summed E-state index contributed by atoms with van der Waals surface area (Å²) in [4.78, 5) is 18.5. The number of thiazole rings is 1. The molecule has 1 aliphatic heterocycles. The van der Waals surface area contributed by atoms with Crippen molar-refractivity contribution in [1.82, 2.24) is 9.38 Å². The van der Waals surface area contributed by atoms with Gasteiger partial charge in [-0.3, -0.25) is 9.20 Å². The van der Waals surface area contributed by atoms with E-state index in [1.54, 1.807) is 22.2 Å². The molecule has 0 amide bonds. The van der Waals surface area contributed by atoms with Crippen molar-refractivity contribution in [3.05, 3.63) is 51.4 Å². The van der Waals surface area contributed by atoms with Crippen molar-refractivity contribution in [3.63, 3.8) is 0 Å². The standard InChI is InChI=1S/C16H14N2O3S2/c1-10-8-23-16-17-11(6-15(19)18(10)16)9-22-12-2-3-13-14(7-12)21-5-4-20-13/h2-3,6-8H,4-5,9H2,1H3. The number of thioether (sulfide) groups is 1. The second-order valence-corrected chi connectivity index (χ2v) is 7.06. The van der Waals surface area contributed by atoms with E-state index in [4.69, 9.17) is 9.47 Å². The summed E-state index contributed by atoms with van der Waals surface area (Å²) in [6.45, 7) is 3.08. The van der Waals surface area contributed by atoms with Crippen LogP contribution in [0.2, 0.25) is 0 Å². The van der Waals surface area contributed by atoms with Gasteiger partial charge in [-0.2, -0.15) is 0 Å². The predicted molar refractivity (Wildman–Crippen MR) is 91.1 cm³/mol. The lowest BCUT2D eigenvalue weighted by molar-refractivity contribution is 0.171. The molecule has 0 saturated heterocycles. The van der Waals surface area contributed by atoms with E-state index in [1.165, 1.54) is 11.3 Å². The molecule has 1 aromatic carbocycles. The summed E-state index contributed by atoms with van der Waals surface area (Å²) in [6.07, 6.45) is 0. The molecule has 0 fully saturated rings. The van der Waals surface area contributed by atoms with Gasteiger partial charge in [0.05, 0.1) is 5.69 Å². The Morgan fingerprint density at radius 2 is 2.09 bits per heavy atom. The van der Waals surface area contributed by atoms with Crippen LogP contribution in [0.1, 0.15) is 11.4 Å². The van der Waals surface area contributed by atoms with Crippen LogP contribution in [-0.2, 0) is 5.75 Å². The van der Waals surface area contributed by atoms with E-state index >= 15 is 0 Å². The molecule has 23 heavy (non-hydrogen) atoms. The van der Waals surface area contributed by atoms with E-state index in [0.29, 0.717) is 19.0 Å². The second-order valence-electron chi connectivity index (χ2n) is 5.17. The van der Waals surface area contributed by atoms with Crippen LogP contribution in [0, 0.1) is 6.92 Å². The molecule has 0 unspecified atom stereocenters. The minimum absolute atomic E-state index is 0.0217. The number of fused-ring (bicyclic) bond motifs is 2. The van der Waals surface area contributed by atoms with Crippen LogP contribution in [0.5, 0.6) is 11.5 Å². The monoisotopic (exact) mass is 346 g/mol. The molecule has 0 saturated carbocycles. The van der Waals surface area contributed by atoms with Crippen molar-refractivity contribution < 1.29 is 9.47 Å². The maximum absolute atomic E-state index is 12.2. The molecule has 3 aromatic rings. The van der Waals surface area contributed by atoms with Gasteiger partial charge in [0.15, 0.2) is 16.5 Å². The van der Waals surface area contributed by atoms with E-state index in [2.05, 4.69) is 4.98 Å². The summed E-state index contributed by atoms with van der Waals surface area (Å²) < 4.78 is 12.7. The molecule has 2 aromatic heterocycles. The van der Waals surface area contributed by atoms with Crippen molar-refractivity contribution in [1.29, 1.82) is 0 Å². The average molecular weight is 346 g/mol. The third-order valence-corrected chi connectivity index (χ3v) is 5.50. The fourth-order valence-electron chi connectivity index (χ4n) is 2.45. The largest absolute Gasteiger partial charge is 0.486 e. The fourth-order valence-corrected chi connectivity index (χ4v) is 4.15. The molecule has 3 heterocycles. The SMILES string of the molecule is Cc1csc2nc(CSc3ccc4c(c3)OCCO4)cc(=O)n12. The van der Waals surface area contributed by atoms with Crippen LogP contribution in [0.15, 0.2) is 39.3 Å². The first kappa shape index (κ1) is 14.6. The lowest BCUT2D eigenvalue weighted by atomic mass is 10.3. The Bertz CT molecular complexity index is 933. The fraction of sp³-hybridized carbons (Fsp3) is 0.250. The zero-order valence-electron chi connectivity index (χ0n) is 12.4. The van der Waals surface area contributed by atoms with Gasteiger partial charge < -0.3 is 9.47 Å². The van der Waals surface area contributed by atoms with Crippen LogP contribution in [0.25, 0.3) is 4.96 Å². The highest BCUT2D eigenvalue weighted by Gasteiger charge is 2.12. The molecule has 0 aliphatic carbocycles. The summed E-state index contributed by atoms with van der Waals surface area (Å²) in [6, 6.07) is 7.50. The number of rotatable bonds is 3. The summed E-state index contributed by atoms with van der Waals surface area (Å²) in [5, 5.41) is 1.95. The summed E-state index contributed by atoms with van der Waals surface area (Å²) in [5.41, 5.74) is 1.69. The first-order valence-electron chi connectivity index (χ1n) is 7.20. The highest BCUT2D eigenvalue weighted by atomic mass is 32.2. The number of ether oxygens (including phenoxy) is 2. The highest BCUT2D eigenvalue weighted by molar-refractivity contribution is 7.98. The molecule has 0 spiro atoms. The Morgan fingerprint density at radius 3 is 2.96 bits per heavy atom. The molecule has 0 N–H and O–H groups in total. The predicted octanol–water partition coefficient (Wildman–Crippen LogP) is 3.13. The zero-order valence-corrected chi connectivity index (χ0v) is 14.1. The van der Waals surface area contributed by atoms with Crippen LogP contribution < -0.4 is 15.0 Å². The van der Waals surface area contributed by atoms with E-state index < -0.39 is 0 Å². The van der Waals surface area contributed by atoms with Gasteiger partial charge in [-0.1, -0.05) is 0 Å². The Labute approximate surface area is 140 Å². The Balaban J connectivity index is 1.56. The summed E-state index contributed by atoms with van der Waals surface area (Å²) in [5.74, 6) is 2.20. The lowest BCUT2D eigenvalue weighted by Gasteiger charge is -2.18. The first-order chi connectivity index (χ1) is 11.2. The number of aromatic nitrogens is 2. The molecule has 5 nitrogen and oxygen atoms in total. The number of hydrogen-bond donors (Lipinski definition) is 0. The first-order valence-corrected chi connectivity index (χ1v) is 9.06. The van der Waals surface area contributed by atoms with Crippen molar-refractivity contribution in [2.45, 2.75) is 17.6 Å². The second kappa shape index (κ2) is 5.90. The van der Waals surface area contributed by atoms with Crippen molar-refractivity contribution >= 4 is 28.1 Å². The molecule has 0 radical (unpaired) electrons. The lowest BCUT2D eigenvalue weighted by Crippen LogP contribution is -2.15. The number of nitrogens with zero attached hydrogens (tertiary/aromatic N) is 2. The third kappa shape index (κ3) is 2.82. The smallest absolute Gasteiger partial charge is 0.258 e.